The minimum atomic E-state index is -1.25. The number of carbonyl (C=O) groups excluding carboxylic acids is 2. The van der Waals surface area contributed by atoms with Gasteiger partial charge in [-0.1, -0.05) is 6.07 Å². The molecule has 2 aromatic rings. The molecular formula is C21H21NO7. The summed E-state index contributed by atoms with van der Waals surface area (Å²) in [5, 5.41) is 2.86. The normalized spacial score (nSPS) is 18.3. The van der Waals surface area contributed by atoms with Crippen molar-refractivity contribution in [2.24, 2.45) is 0 Å². The quantitative estimate of drug-likeness (QED) is 0.740. The number of benzene rings is 2. The maximum Gasteiger partial charge on any atom is 0.336 e. The Bertz CT molecular complexity index is 987. The number of carbonyl (C=O) groups is 2. The van der Waals surface area contributed by atoms with Gasteiger partial charge in [0.2, 0.25) is 12.7 Å². The van der Waals surface area contributed by atoms with Crippen LogP contribution in [0.25, 0.3) is 0 Å². The molecule has 0 fully saturated rings. The molecule has 1 aliphatic carbocycles. The van der Waals surface area contributed by atoms with Crippen LogP contribution in [0.15, 0.2) is 30.3 Å². The second kappa shape index (κ2) is 7.20. The first-order chi connectivity index (χ1) is 14.0. The molecule has 0 aromatic heterocycles. The van der Waals surface area contributed by atoms with E-state index in [9.17, 15) is 9.59 Å². The van der Waals surface area contributed by atoms with Gasteiger partial charge in [0, 0.05) is 6.42 Å². The maximum atomic E-state index is 12.8. The molecule has 4 rings (SSSR count). The standard InChI is InChI=1S/C21H21NO7/c1-25-16-8-13-10-21(20(24)27-3,14(13)9-17(16)26-2)22-19(23)7-12-4-5-15-18(6-12)29-11-28-15/h4-6,8-9H,7,10-11H2,1-3H3,(H,22,23). The van der Waals surface area contributed by atoms with Crippen molar-refractivity contribution in [3.63, 3.8) is 0 Å². The van der Waals surface area contributed by atoms with Gasteiger partial charge in [-0.15, -0.1) is 0 Å². The van der Waals surface area contributed by atoms with E-state index in [0.717, 1.165) is 11.1 Å². The van der Waals surface area contributed by atoms with E-state index < -0.39 is 11.5 Å². The zero-order valence-corrected chi connectivity index (χ0v) is 16.4. The molecule has 2 aliphatic rings. The summed E-state index contributed by atoms with van der Waals surface area (Å²) in [7, 11) is 4.36. The fourth-order valence-electron chi connectivity index (χ4n) is 3.78. The molecule has 0 saturated carbocycles. The Hall–Kier alpha value is -3.42. The summed E-state index contributed by atoms with van der Waals surface area (Å²) in [6, 6.07) is 8.82. The Morgan fingerprint density at radius 2 is 1.76 bits per heavy atom. The first kappa shape index (κ1) is 18.9. The van der Waals surface area contributed by atoms with Gasteiger partial charge in [0.05, 0.1) is 27.8 Å². The predicted octanol–water partition coefficient (Wildman–Crippen LogP) is 1.72. The van der Waals surface area contributed by atoms with Gasteiger partial charge in [0.25, 0.3) is 0 Å². The summed E-state index contributed by atoms with van der Waals surface area (Å²) in [5.41, 5.74) is 1.02. The summed E-state index contributed by atoms with van der Waals surface area (Å²) in [6.07, 6.45) is 0.389. The summed E-state index contributed by atoms with van der Waals surface area (Å²) in [6.45, 7) is 0.165. The molecule has 2 aromatic carbocycles. The fraction of sp³-hybridized carbons (Fsp3) is 0.333. The van der Waals surface area contributed by atoms with E-state index in [1.165, 1.54) is 14.2 Å². The molecule has 1 heterocycles. The van der Waals surface area contributed by atoms with Crippen molar-refractivity contribution in [2.45, 2.75) is 18.4 Å². The van der Waals surface area contributed by atoms with Crippen LogP contribution in [-0.2, 0) is 32.7 Å². The molecule has 152 valence electrons. The predicted molar refractivity (Wildman–Crippen MR) is 101 cm³/mol. The van der Waals surface area contributed by atoms with Crippen LogP contribution in [0.3, 0.4) is 0 Å². The van der Waals surface area contributed by atoms with E-state index in [1.807, 2.05) is 0 Å². The van der Waals surface area contributed by atoms with Crippen LogP contribution in [0.5, 0.6) is 23.0 Å². The average molecular weight is 399 g/mol. The van der Waals surface area contributed by atoms with Crippen LogP contribution in [-0.4, -0.2) is 40.0 Å². The third kappa shape index (κ3) is 3.10. The Balaban J connectivity index is 1.59. The van der Waals surface area contributed by atoms with Crippen LogP contribution < -0.4 is 24.3 Å². The highest BCUT2D eigenvalue weighted by Crippen LogP contribution is 2.45. The molecule has 0 radical (unpaired) electrons. The molecule has 0 saturated heterocycles. The van der Waals surface area contributed by atoms with Gasteiger partial charge in [-0.25, -0.2) is 4.79 Å². The topological polar surface area (TPSA) is 92.3 Å². The smallest absolute Gasteiger partial charge is 0.336 e. The van der Waals surface area contributed by atoms with Gasteiger partial charge in [0.15, 0.2) is 28.5 Å². The lowest BCUT2D eigenvalue weighted by molar-refractivity contribution is -0.152. The molecule has 29 heavy (non-hydrogen) atoms. The first-order valence-corrected chi connectivity index (χ1v) is 9.04. The lowest BCUT2D eigenvalue weighted by atomic mass is 9.70. The Morgan fingerprint density at radius 3 is 2.48 bits per heavy atom. The molecule has 1 unspecified atom stereocenters. The third-order valence-electron chi connectivity index (χ3n) is 5.21. The van der Waals surface area contributed by atoms with E-state index in [2.05, 4.69) is 5.32 Å². The molecule has 8 heteroatoms. The number of methoxy groups -OCH3 is 3. The molecule has 8 nitrogen and oxygen atoms in total. The number of amides is 1. The number of hydrogen-bond donors (Lipinski definition) is 1. The summed E-state index contributed by atoms with van der Waals surface area (Å²) in [5.74, 6) is 1.45. The SMILES string of the molecule is COC(=O)C1(NC(=O)Cc2ccc3c(c2)OCO3)Cc2cc(OC)c(OC)cc21. The van der Waals surface area contributed by atoms with Crippen molar-refractivity contribution in [1.29, 1.82) is 0 Å². The van der Waals surface area contributed by atoms with E-state index in [1.54, 1.807) is 37.4 Å². The number of fused-ring (bicyclic) bond motifs is 2. The number of esters is 1. The molecule has 0 bridgehead atoms. The van der Waals surface area contributed by atoms with Crippen molar-refractivity contribution < 1.29 is 33.3 Å². The zero-order valence-electron chi connectivity index (χ0n) is 16.4. The van der Waals surface area contributed by atoms with E-state index >= 15 is 0 Å². The van der Waals surface area contributed by atoms with Crippen LogP contribution in [0.4, 0.5) is 0 Å². The average Bonchev–Trinajstić information content (AvgIpc) is 3.18. The molecule has 1 aliphatic heterocycles. The lowest BCUT2D eigenvalue weighted by Gasteiger charge is -2.42. The largest absolute Gasteiger partial charge is 0.493 e. The molecule has 0 spiro atoms. The van der Waals surface area contributed by atoms with Gasteiger partial charge >= 0.3 is 5.97 Å². The number of hydrogen-bond acceptors (Lipinski definition) is 7. The van der Waals surface area contributed by atoms with E-state index in [4.69, 9.17) is 23.7 Å². The van der Waals surface area contributed by atoms with Gasteiger partial charge in [-0.3, -0.25) is 4.79 Å². The highest BCUT2D eigenvalue weighted by molar-refractivity contribution is 5.93. The Labute approximate surface area is 167 Å². The van der Waals surface area contributed by atoms with Crippen LogP contribution in [0.2, 0.25) is 0 Å². The van der Waals surface area contributed by atoms with E-state index in [-0.39, 0.29) is 19.1 Å². The molecule has 1 N–H and O–H groups in total. The highest BCUT2D eigenvalue weighted by atomic mass is 16.7. The lowest BCUT2D eigenvalue weighted by Crippen LogP contribution is -2.59. The summed E-state index contributed by atoms with van der Waals surface area (Å²) in [4.78, 5) is 25.4. The maximum absolute atomic E-state index is 12.8. The fourth-order valence-corrected chi connectivity index (χ4v) is 3.78. The van der Waals surface area contributed by atoms with Crippen molar-refractivity contribution in [3.8, 4) is 23.0 Å². The Morgan fingerprint density at radius 1 is 1.03 bits per heavy atom. The zero-order chi connectivity index (χ0) is 20.6. The highest BCUT2D eigenvalue weighted by Gasteiger charge is 2.52. The molecule has 1 atom stereocenters. The molecule has 1 amide bonds. The second-order valence-corrected chi connectivity index (χ2v) is 6.85. The van der Waals surface area contributed by atoms with Gasteiger partial charge in [-0.05, 0) is 41.0 Å². The van der Waals surface area contributed by atoms with Crippen molar-refractivity contribution in [2.75, 3.05) is 28.1 Å². The van der Waals surface area contributed by atoms with Crippen LogP contribution >= 0.6 is 0 Å². The van der Waals surface area contributed by atoms with Crippen molar-refractivity contribution in [1.82, 2.24) is 5.32 Å². The molecular weight excluding hydrogens is 378 g/mol. The monoisotopic (exact) mass is 399 g/mol. The van der Waals surface area contributed by atoms with Gasteiger partial charge < -0.3 is 29.0 Å². The van der Waals surface area contributed by atoms with E-state index in [0.29, 0.717) is 35.0 Å². The third-order valence-corrected chi connectivity index (χ3v) is 5.21. The van der Waals surface area contributed by atoms with Crippen LogP contribution in [0, 0.1) is 0 Å². The minimum absolute atomic E-state index is 0.0814. The number of rotatable bonds is 6. The minimum Gasteiger partial charge on any atom is -0.493 e. The summed E-state index contributed by atoms with van der Waals surface area (Å²) >= 11 is 0. The number of ether oxygens (including phenoxy) is 5. The second-order valence-electron chi connectivity index (χ2n) is 6.85. The number of nitrogens with one attached hydrogen (secondary N) is 1. The van der Waals surface area contributed by atoms with Gasteiger partial charge in [-0.2, -0.15) is 0 Å². The first-order valence-electron chi connectivity index (χ1n) is 9.04. The Kier molecular flexibility index (Phi) is 4.70. The van der Waals surface area contributed by atoms with Crippen molar-refractivity contribution in [3.05, 3.63) is 47.0 Å². The van der Waals surface area contributed by atoms with Crippen LogP contribution in [0.1, 0.15) is 16.7 Å². The van der Waals surface area contributed by atoms with Gasteiger partial charge in [0.1, 0.15) is 0 Å². The van der Waals surface area contributed by atoms with Crippen molar-refractivity contribution >= 4 is 11.9 Å². The summed E-state index contributed by atoms with van der Waals surface area (Å²) < 4.78 is 26.3.